The lowest BCUT2D eigenvalue weighted by Gasteiger charge is -2.14. The first-order chi connectivity index (χ1) is 9.41. The summed E-state index contributed by atoms with van der Waals surface area (Å²) in [6.07, 6.45) is -3.52. The quantitative estimate of drug-likeness (QED) is 0.905. The summed E-state index contributed by atoms with van der Waals surface area (Å²) in [4.78, 5) is 11.7. The minimum atomic E-state index is -4.62. The summed E-state index contributed by atoms with van der Waals surface area (Å²) in [6, 6.07) is 3.23. The number of alkyl halides is 3. The van der Waals surface area contributed by atoms with E-state index in [0.717, 1.165) is 18.3 Å². The van der Waals surface area contributed by atoms with Gasteiger partial charge in [-0.15, -0.1) is 0 Å². The predicted octanol–water partition coefficient (Wildman–Crippen LogP) is 2.08. The molecule has 0 fully saturated rings. The van der Waals surface area contributed by atoms with Crippen molar-refractivity contribution in [3.05, 3.63) is 35.7 Å². The van der Waals surface area contributed by atoms with Crippen molar-refractivity contribution in [1.82, 2.24) is 15.4 Å². The van der Waals surface area contributed by atoms with E-state index in [-0.39, 0.29) is 17.1 Å². The summed E-state index contributed by atoms with van der Waals surface area (Å²) >= 11 is 0. The average Bonchev–Trinajstić information content (AvgIpc) is 2.91. The molecule has 0 aliphatic rings. The highest BCUT2D eigenvalue weighted by atomic mass is 19.4. The maximum Gasteiger partial charge on any atom is 0.418 e. The molecule has 0 unspecified atom stereocenters. The van der Waals surface area contributed by atoms with Crippen molar-refractivity contribution in [2.45, 2.75) is 6.18 Å². The van der Waals surface area contributed by atoms with Crippen LogP contribution >= 0.6 is 0 Å². The second-order valence-electron chi connectivity index (χ2n) is 3.72. The smallest absolute Gasteiger partial charge is 0.418 e. The van der Waals surface area contributed by atoms with E-state index in [1.54, 1.807) is 0 Å². The lowest BCUT2D eigenvalue weighted by Crippen LogP contribution is -2.17. The second-order valence-corrected chi connectivity index (χ2v) is 3.72. The van der Waals surface area contributed by atoms with Crippen LogP contribution in [0.3, 0.4) is 0 Å². The maximum absolute atomic E-state index is 12.9. The van der Waals surface area contributed by atoms with E-state index < -0.39 is 17.6 Å². The second kappa shape index (κ2) is 5.19. The van der Waals surface area contributed by atoms with Crippen LogP contribution in [0.2, 0.25) is 0 Å². The molecular formula is C11H9F3N4O2. The number of amides is 1. The van der Waals surface area contributed by atoms with Crippen LogP contribution in [0.4, 0.5) is 18.9 Å². The molecule has 0 spiro atoms. The zero-order valence-electron chi connectivity index (χ0n) is 10.2. The molecule has 106 valence electrons. The van der Waals surface area contributed by atoms with Crippen molar-refractivity contribution in [3.63, 3.8) is 0 Å². The first kappa shape index (κ1) is 13.8. The van der Waals surface area contributed by atoms with Gasteiger partial charge in [-0.2, -0.15) is 28.6 Å². The molecule has 0 aliphatic heterocycles. The number of halogens is 3. The third-order valence-corrected chi connectivity index (χ3v) is 2.43. The number of aromatic nitrogens is 3. The number of hydrogen-bond donors (Lipinski definition) is 2. The standard InChI is InChI=1S/C11H9F3N4O2/c1-20-6-2-3-8(7(4-6)11(12,13)14)16-10(19)9-5-15-18-17-9/h2-5H,1H3,(H,16,19)(H,15,17,18). The van der Waals surface area contributed by atoms with Gasteiger partial charge in [-0.05, 0) is 18.2 Å². The SMILES string of the molecule is COc1ccc(NC(=O)c2cn[nH]n2)c(C(F)(F)F)c1. The van der Waals surface area contributed by atoms with Crippen molar-refractivity contribution < 1.29 is 22.7 Å². The summed E-state index contributed by atoms with van der Waals surface area (Å²) in [7, 11) is 1.25. The van der Waals surface area contributed by atoms with Crippen LogP contribution in [0.15, 0.2) is 24.4 Å². The Kier molecular flexibility index (Phi) is 3.59. The van der Waals surface area contributed by atoms with E-state index >= 15 is 0 Å². The fraction of sp³-hybridized carbons (Fsp3) is 0.182. The average molecular weight is 286 g/mol. The molecule has 9 heteroatoms. The van der Waals surface area contributed by atoms with Crippen LogP contribution in [0, 0.1) is 0 Å². The molecule has 2 N–H and O–H groups in total. The number of aromatic amines is 1. The highest BCUT2D eigenvalue weighted by Crippen LogP contribution is 2.37. The van der Waals surface area contributed by atoms with E-state index in [2.05, 4.69) is 20.7 Å². The third kappa shape index (κ3) is 2.87. The van der Waals surface area contributed by atoms with Crippen molar-refractivity contribution in [2.24, 2.45) is 0 Å². The fourth-order valence-electron chi connectivity index (χ4n) is 1.49. The van der Waals surface area contributed by atoms with Gasteiger partial charge in [-0.25, -0.2) is 0 Å². The lowest BCUT2D eigenvalue weighted by molar-refractivity contribution is -0.137. The lowest BCUT2D eigenvalue weighted by atomic mass is 10.1. The molecule has 2 rings (SSSR count). The summed E-state index contributed by atoms with van der Waals surface area (Å²) in [5.74, 6) is -0.758. The minimum absolute atomic E-state index is 0.0387. The number of carbonyl (C=O) groups is 1. The Hall–Kier alpha value is -2.58. The van der Waals surface area contributed by atoms with Gasteiger partial charge in [0.05, 0.1) is 24.6 Å². The number of hydrogen-bond acceptors (Lipinski definition) is 4. The zero-order valence-corrected chi connectivity index (χ0v) is 10.2. The number of anilines is 1. The molecule has 1 aromatic heterocycles. The molecule has 20 heavy (non-hydrogen) atoms. The predicted molar refractivity (Wildman–Crippen MR) is 62.3 cm³/mol. The van der Waals surface area contributed by atoms with Gasteiger partial charge in [0, 0.05) is 0 Å². The molecule has 0 aliphatic carbocycles. The van der Waals surface area contributed by atoms with Crippen LogP contribution in [0.1, 0.15) is 16.1 Å². The van der Waals surface area contributed by atoms with Crippen molar-refractivity contribution in [2.75, 3.05) is 12.4 Å². The summed E-state index contributed by atoms with van der Waals surface area (Å²) < 4.78 is 43.5. The van der Waals surface area contributed by atoms with Crippen LogP contribution in [0.25, 0.3) is 0 Å². The molecule has 0 radical (unpaired) electrons. The number of benzene rings is 1. The summed E-state index contributed by atoms with van der Waals surface area (Å²) in [5.41, 5.74) is -1.51. The van der Waals surface area contributed by atoms with Gasteiger partial charge in [0.15, 0.2) is 5.69 Å². The van der Waals surface area contributed by atoms with E-state index in [0.29, 0.717) is 0 Å². The van der Waals surface area contributed by atoms with Crippen molar-refractivity contribution in [3.8, 4) is 5.75 Å². The number of methoxy groups -OCH3 is 1. The Morgan fingerprint density at radius 3 is 2.70 bits per heavy atom. The van der Waals surface area contributed by atoms with Crippen molar-refractivity contribution in [1.29, 1.82) is 0 Å². The van der Waals surface area contributed by atoms with Crippen LogP contribution in [0.5, 0.6) is 5.75 Å². The molecule has 1 heterocycles. The Morgan fingerprint density at radius 1 is 1.40 bits per heavy atom. The number of nitrogens with zero attached hydrogens (tertiary/aromatic N) is 2. The van der Waals surface area contributed by atoms with E-state index in [9.17, 15) is 18.0 Å². The number of ether oxygens (including phenoxy) is 1. The molecule has 1 aromatic carbocycles. The molecule has 0 atom stereocenters. The van der Waals surface area contributed by atoms with Crippen LogP contribution < -0.4 is 10.1 Å². The first-order valence-electron chi connectivity index (χ1n) is 5.34. The van der Waals surface area contributed by atoms with Gasteiger partial charge in [-0.1, -0.05) is 0 Å². The highest BCUT2D eigenvalue weighted by molar-refractivity contribution is 6.03. The summed E-state index contributed by atoms with van der Waals surface area (Å²) in [6.45, 7) is 0. The van der Waals surface area contributed by atoms with Gasteiger partial charge in [0.1, 0.15) is 5.75 Å². The van der Waals surface area contributed by atoms with E-state index in [1.807, 2.05) is 0 Å². The molecule has 2 aromatic rings. The maximum atomic E-state index is 12.9. The number of rotatable bonds is 3. The Balaban J connectivity index is 2.34. The number of nitrogens with one attached hydrogen (secondary N) is 2. The third-order valence-electron chi connectivity index (χ3n) is 2.43. The fourth-order valence-corrected chi connectivity index (χ4v) is 1.49. The summed E-state index contributed by atoms with van der Waals surface area (Å²) in [5, 5.41) is 11.2. The molecule has 0 saturated carbocycles. The minimum Gasteiger partial charge on any atom is -0.497 e. The van der Waals surface area contributed by atoms with Gasteiger partial charge >= 0.3 is 6.18 Å². The molecule has 0 bridgehead atoms. The largest absolute Gasteiger partial charge is 0.497 e. The Bertz CT molecular complexity index is 611. The Morgan fingerprint density at radius 2 is 2.15 bits per heavy atom. The zero-order chi connectivity index (χ0) is 14.8. The number of carbonyl (C=O) groups excluding carboxylic acids is 1. The van der Waals surface area contributed by atoms with E-state index in [1.165, 1.54) is 13.2 Å². The molecule has 1 amide bonds. The first-order valence-corrected chi connectivity index (χ1v) is 5.34. The highest BCUT2D eigenvalue weighted by Gasteiger charge is 2.34. The van der Waals surface area contributed by atoms with Crippen LogP contribution in [-0.2, 0) is 6.18 Å². The van der Waals surface area contributed by atoms with E-state index in [4.69, 9.17) is 4.74 Å². The van der Waals surface area contributed by atoms with Crippen LogP contribution in [-0.4, -0.2) is 28.4 Å². The molecular weight excluding hydrogens is 277 g/mol. The topological polar surface area (TPSA) is 79.9 Å². The van der Waals surface area contributed by atoms with Gasteiger partial charge in [-0.3, -0.25) is 4.79 Å². The monoisotopic (exact) mass is 286 g/mol. The van der Waals surface area contributed by atoms with Gasteiger partial charge < -0.3 is 10.1 Å². The molecule has 6 nitrogen and oxygen atoms in total. The molecule has 0 saturated heterocycles. The van der Waals surface area contributed by atoms with Gasteiger partial charge in [0.25, 0.3) is 5.91 Å². The normalized spacial score (nSPS) is 11.2. The van der Waals surface area contributed by atoms with Gasteiger partial charge in [0.2, 0.25) is 0 Å². The van der Waals surface area contributed by atoms with Crippen molar-refractivity contribution >= 4 is 11.6 Å². The number of H-pyrrole nitrogens is 1. The Labute approximate surface area is 110 Å².